The molecule has 0 N–H and O–H groups in total. The molecule has 0 bridgehead atoms. The van der Waals surface area contributed by atoms with Gasteiger partial charge in [0.2, 0.25) is 5.95 Å². The van der Waals surface area contributed by atoms with Crippen molar-refractivity contribution in [3.8, 4) is 10.4 Å². The van der Waals surface area contributed by atoms with E-state index in [1.807, 2.05) is 17.0 Å². The zero-order valence-electron chi connectivity index (χ0n) is 14.3. The molecule has 27 heavy (non-hydrogen) atoms. The average molecular weight is 447 g/mol. The molecule has 0 spiro atoms. The standard InChI is InChI=1S/C19H16BrFN4OS/c20-14-11-22-19(23-12-14)25-9-7-24(8-10-25)18(26)17-6-5-16(27-17)13-1-3-15(21)4-2-13/h1-6,11-12H,7-10H2. The van der Waals surface area contributed by atoms with E-state index in [2.05, 4.69) is 30.8 Å². The molecule has 138 valence electrons. The van der Waals surface area contributed by atoms with Crippen molar-refractivity contribution in [2.45, 2.75) is 0 Å². The third-order valence-corrected chi connectivity index (χ3v) is 5.93. The highest BCUT2D eigenvalue weighted by atomic mass is 79.9. The molecule has 0 radical (unpaired) electrons. The monoisotopic (exact) mass is 446 g/mol. The number of halogens is 2. The van der Waals surface area contributed by atoms with Crippen molar-refractivity contribution in [1.82, 2.24) is 14.9 Å². The average Bonchev–Trinajstić information content (AvgIpc) is 3.19. The van der Waals surface area contributed by atoms with Gasteiger partial charge in [-0.25, -0.2) is 14.4 Å². The third kappa shape index (κ3) is 4.01. The number of rotatable bonds is 3. The molecule has 4 rings (SSSR count). The van der Waals surface area contributed by atoms with Gasteiger partial charge >= 0.3 is 0 Å². The number of nitrogens with zero attached hydrogens (tertiary/aromatic N) is 4. The first-order valence-corrected chi connectivity index (χ1v) is 10.1. The highest BCUT2D eigenvalue weighted by Gasteiger charge is 2.24. The van der Waals surface area contributed by atoms with Gasteiger partial charge in [0.05, 0.1) is 9.35 Å². The molecule has 2 aromatic heterocycles. The van der Waals surface area contributed by atoms with E-state index in [0.29, 0.717) is 37.0 Å². The van der Waals surface area contributed by atoms with Crippen LogP contribution in [-0.2, 0) is 0 Å². The number of hydrogen-bond acceptors (Lipinski definition) is 5. The Balaban J connectivity index is 1.41. The Bertz CT molecular complexity index is 937. The summed E-state index contributed by atoms with van der Waals surface area (Å²) in [6.07, 6.45) is 3.45. The van der Waals surface area contributed by atoms with Crippen LogP contribution in [0, 0.1) is 5.82 Å². The van der Waals surface area contributed by atoms with E-state index in [4.69, 9.17) is 0 Å². The molecule has 0 aliphatic carbocycles. The maximum absolute atomic E-state index is 13.1. The Hall–Kier alpha value is -2.32. The van der Waals surface area contributed by atoms with Crippen molar-refractivity contribution in [2.24, 2.45) is 0 Å². The molecule has 5 nitrogen and oxygen atoms in total. The van der Waals surface area contributed by atoms with E-state index in [-0.39, 0.29) is 11.7 Å². The summed E-state index contributed by atoms with van der Waals surface area (Å²) >= 11 is 4.77. The van der Waals surface area contributed by atoms with Crippen LogP contribution in [0.4, 0.5) is 10.3 Å². The largest absolute Gasteiger partial charge is 0.337 e. The summed E-state index contributed by atoms with van der Waals surface area (Å²) in [4.78, 5) is 27.0. The highest BCUT2D eigenvalue weighted by Crippen LogP contribution is 2.29. The summed E-state index contributed by atoms with van der Waals surface area (Å²) in [5, 5.41) is 0. The van der Waals surface area contributed by atoms with Crippen molar-refractivity contribution in [1.29, 1.82) is 0 Å². The fraction of sp³-hybridized carbons (Fsp3) is 0.211. The lowest BCUT2D eigenvalue weighted by Crippen LogP contribution is -2.49. The summed E-state index contributed by atoms with van der Waals surface area (Å²) in [6.45, 7) is 2.65. The van der Waals surface area contributed by atoms with Crippen LogP contribution in [0.3, 0.4) is 0 Å². The molecule has 1 amide bonds. The second-order valence-electron chi connectivity index (χ2n) is 6.15. The molecule has 1 aliphatic rings. The van der Waals surface area contributed by atoms with E-state index >= 15 is 0 Å². The number of carbonyl (C=O) groups excluding carboxylic acids is 1. The highest BCUT2D eigenvalue weighted by molar-refractivity contribution is 9.10. The van der Waals surface area contributed by atoms with Gasteiger partial charge in [0.1, 0.15) is 5.82 Å². The van der Waals surface area contributed by atoms with Crippen LogP contribution in [0.1, 0.15) is 9.67 Å². The van der Waals surface area contributed by atoms with Crippen LogP contribution in [0.25, 0.3) is 10.4 Å². The Morgan fingerprint density at radius 1 is 1.00 bits per heavy atom. The van der Waals surface area contributed by atoms with Gasteiger partial charge in [0.25, 0.3) is 5.91 Å². The van der Waals surface area contributed by atoms with Crippen molar-refractivity contribution in [3.63, 3.8) is 0 Å². The maximum atomic E-state index is 13.1. The van der Waals surface area contributed by atoms with Crippen LogP contribution in [0.15, 0.2) is 53.3 Å². The third-order valence-electron chi connectivity index (χ3n) is 4.40. The van der Waals surface area contributed by atoms with Crippen LogP contribution < -0.4 is 4.90 Å². The molecule has 3 aromatic rings. The van der Waals surface area contributed by atoms with Gasteiger partial charge in [-0.2, -0.15) is 0 Å². The van der Waals surface area contributed by atoms with E-state index in [1.54, 1.807) is 24.5 Å². The number of carbonyl (C=O) groups is 1. The van der Waals surface area contributed by atoms with Gasteiger partial charge in [-0.3, -0.25) is 4.79 Å². The van der Waals surface area contributed by atoms with Crippen LogP contribution in [0.2, 0.25) is 0 Å². The fourth-order valence-corrected chi connectivity index (χ4v) is 4.14. The number of hydrogen-bond donors (Lipinski definition) is 0. The molecule has 8 heteroatoms. The number of anilines is 1. The minimum atomic E-state index is -0.265. The van der Waals surface area contributed by atoms with Crippen molar-refractivity contribution in [3.05, 3.63) is 64.0 Å². The molecule has 0 unspecified atom stereocenters. The summed E-state index contributed by atoms with van der Waals surface area (Å²) in [5.74, 6) is 0.448. The van der Waals surface area contributed by atoms with E-state index in [0.717, 1.165) is 14.9 Å². The predicted octanol–water partition coefficient (Wildman–Crippen LogP) is 4.07. The number of amides is 1. The molecule has 1 fully saturated rings. The molecule has 1 aromatic carbocycles. The van der Waals surface area contributed by atoms with E-state index in [9.17, 15) is 9.18 Å². The SMILES string of the molecule is O=C(c1ccc(-c2ccc(F)cc2)s1)N1CCN(c2ncc(Br)cn2)CC1. The van der Waals surface area contributed by atoms with Gasteiger partial charge in [0.15, 0.2) is 0 Å². The molecule has 3 heterocycles. The zero-order chi connectivity index (χ0) is 18.8. The summed E-state index contributed by atoms with van der Waals surface area (Å²) in [7, 11) is 0. The Morgan fingerprint density at radius 2 is 1.67 bits per heavy atom. The molecule has 1 saturated heterocycles. The fourth-order valence-electron chi connectivity index (χ4n) is 2.96. The van der Waals surface area contributed by atoms with Gasteiger partial charge in [-0.05, 0) is 45.8 Å². The second kappa shape index (κ2) is 7.74. The summed E-state index contributed by atoms with van der Waals surface area (Å²) in [6, 6.07) is 10.1. The van der Waals surface area contributed by atoms with E-state index in [1.165, 1.54) is 23.5 Å². The zero-order valence-corrected chi connectivity index (χ0v) is 16.7. The molecular weight excluding hydrogens is 431 g/mol. The van der Waals surface area contributed by atoms with Crippen molar-refractivity contribution >= 4 is 39.1 Å². The minimum Gasteiger partial charge on any atom is -0.337 e. The van der Waals surface area contributed by atoms with Crippen LogP contribution in [0.5, 0.6) is 0 Å². The van der Waals surface area contributed by atoms with Gasteiger partial charge < -0.3 is 9.80 Å². The van der Waals surface area contributed by atoms with Gasteiger partial charge in [-0.15, -0.1) is 11.3 Å². The molecule has 0 saturated carbocycles. The van der Waals surface area contributed by atoms with Gasteiger partial charge in [0, 0.05) is 43.4 Å². The lowest BCUT2D eigenvalue weighted by atomic mass is 10.2. The Kier molecular flexibility index (Phi) is 5.18. The lowest BCUT2D eigenvalue weighted by molar-refractivity contribution is 0.0751. The Morgan fingerprint density at radius 3 is 2.33 bits per heavy atom. The number of thiophene rings is 1. The van der Waals surface area contributed by atoms with Crippen molar-refractivity contribution < 1.29 is 9.18 Å². The maximum Gasteiger partial charge on any atom is 0.264 e. The predicted molar refractivity (Wildman–Crippen MR) is 108 cm³/mol. The topological polar surface area (TPSA) is 49.3 Å². The van der Waals surface area contributed by atoms with Gasteiger partial charge in [-0.1, -0.05) is 12.1 Å². The van der Waals surface area contributed by atoms with Crippen LogP contribution in [-0.4, -0.2) is 47.0 Å². The lowest BCUT2D eigenvalue weighted by Gasteiger charge is -2.34. The molecule has 0 atom stereocenters. The smallest absolute Gasteiger partial charge is 0.264 e. The minimum absolute atomic E-state index is 0.0322. The van der Waals surface area contributed by atoms with Crippen molar-refractivity contribution in [2.75, 3.05) is 31.1 Å². The summed E-state index contributed by atoms with van der Waals surface area (Å²) in [5.41, 5.74) is 0.914. The Labute approximate surface area is 168 Å². The second-order valence-corrected chi connectivity index (χ2v) is 8.15. The summed E-state index contributed by atoms with van der Waals surface area (Å²) < 4.78 is 13.9. The normalized spacial score (nSPS) is 14.4. The number of piperazine rings is 1. The first-order valence-electron chi connectivity index (χ1n) is 8.48. The first-order chi connectivity index (χ1) is 13.1. The van der Waals surface area contributed by atoms with Crippen LogP contribution >= 0.6 is 27.3 Å². The number of aromatic nitrogens is 2. The number of benzene rings is 1. The first kappa shape index (κ1) is 18.1. The molecule has 1 aliphatic heterocycles. The quantitative estimate of drug-likeness (QED) is 0.608. The van der Waals surface area contributed by atoms with E-state index < -0.39 is 0 Å². The molecular formula is C19H16BrFN4OS.